The van der Waals surface area contributed by atoms with Crippen LogP contribution in [0.2, 0.25) is 0 Å². The number of hydrogen-bond acceptors (Lipinski definition) is 4. The molecule has 2 rings (SSSR count). The average Bonchev–Trinajstić information content (AvgIpc) is 2.60. The second-order valence-electron chi connectivity index (χ2n) is 3.06. The smallest absolute Gasteiger partial charge is 0.125 e. The van der Waals surface area contributed by atoms with Gasteiger partial charge in [0.2, 0.25) is 0 Å². The Bertz CT molecular complexity index is 458. The zero-order valence-corrected chi connectivity index (χ0v) is 8.89. The molecule has 0 atom stereocenters. The van der Waals surface area contributed by atoms with Crippen molar-refractivity contribution in [2.45, 2.75) is 6.61 Å². The van der Waals surface area contributed by atoms with Gasteiger partial charge in [-0.15, -0.1) is 11.3 Å². The van der Waals surface area contributed by atoms with Gasteiger partial charge in [-0.05, 0) is 12.1 Å². The number of thiazole rings is 1. The highest BCUT2D eigenvalue weighted by molar-refractivity contribution is 7.18. The summed E-state index contributed by atoms with van der Waals surface area (Å²) in [6, 6.07) is 4.60. The third-order valence-electron chi connectivity index (χ3n) is 1.88. The molecule has 0 radical (unpaired) electrons. The molecule has 0 bridgehead atoms. The first kappa shape index (κ1) is 10.5. The van der Waals surface area contributed by atoms with Gasteiger partial charge in [-0.25, -0.2) is 9.37 Å². The first-order valence-corrected chi connectivity index (χ1v) is 5.44. The van der Waals surface area contributed by atoms with Crippen molar-refractivity contribution in [3.8, 4) is 0 Å². The summed E-state index contributed by atoms with van der Waals surface area (Å²) in [6.45, 7) is 1.46. The summed E-state index contributed by atoms with van der Waals surface area (Å²) in [5.74, 6) is -0.262. The number of ether oxygens (including phenoxy) is 1. The summed E-state index contributed by atoms with van der Waals surface area (Å²) < 4.78 is 19.1. The molecule has 5 heteroatoms. The number of benzene rings is 1. The van der Waals surface area contributed by atoms with Gasteiger partial charge >= 0.3 is 0 Å². The zero-order valence-electron chi connectivity index (χ0n) is 8.07. The van der Waals surface area contributed by atoms with Crippen LogP contribution < -0.4 is 5.73 Å². The molecule has 0 unspecified atom stereocenters. The number of halogens is 1. The summed E-state index contributed by atoms with van der Waals surface area (Å²) in [4.78, 5) is 4.26. The van der Waals surface area contributed by atoms with E-state index in [1.54, 1.807) is 6.07 Å². The minimum Gasteiger partial charge on any atom is -0.373 e. The molecule has 2 aromatic rings. The van der Waals surface area contributed by atoms with Crippen LogP contribution in [0.15, 0.2) is 18.2 Å². The first-order valence-electron chi connectivity index (χ1n) is 4.62. The van der Waals surface area contributed by atoms with Gasteiger partial charge in [0, 0.05) is 12.6 Å². The van der Waals surface area contributed by atoms with Crippen molar-refractivity contribution in [3.63, 3.8) is 0 Å². The summed E-state index contributed by atoms with van der Waals surface area (Å²) in [6.07, 6.45) is 0. The van der Waals surface area contributed by atoms with E-state index >= 15 is 0 Å². The molecule has 2 N–H and O–H groups in total. The maximum Gasteiger partial charge on any atom is 0.125 e. The van der Waals surface area contributed by atoms with Crippen molar-refractivity contribution in [2.75, 3.05) is 13.2 Å². The number of hydrogen-bond donors (Lipinski definition) is 1. The van der Waals surface area contributed by atoms with Crippen LogP contribution in [-0.4, -0.2) is 18.1 Å². The minimum absolute atomic E-state index is 0.262. The molecule has 3 nitrogen and oxygen atoms in total. The highest BCUT2D eigenvalue weighted by atomic mass is 32.1. The lowest BCUT2D eigenvalue weighted by molar-refractivity contribution is 0.128. The molecule has 0 aliphatic carbocycles. The lowest BCUT2D eigenvalue weighted by Gasteiger charge is -1.96. The second kappa shape index (κ2) is 4.65. The van der Waals surface area contributed by atoms with Gasteiger partial charge in [-0.1, -0.05) is 0 Å². The van der Waals surface area contributed by atoms with E-state index in [-0.39, 0.29) is 5.82 Å². The molecule has 80 valence electrons. The van der Waals surface area contributed by atoms with Crippen LogP contribution in [0.1, 0.15) is 5.01 Å². The highest BCUT2D eigenvalue weighted by Gasteiger charge is 2.04. The number of aromatic nitrogens is 1. The van der Waals surface area contributed by atoms with Crippen LogP contribution in [0.4, 0.5) is 4.39 Å². The molecule has 1 aromatic heterocycles. The van der Waals surface area contributed by atoms with Crippen molar-refractivity contribution in [1.29, 1.82) is 0 Å². The summed E-state index contributed by atoms with van der Waals surface area (Å²) >= 11 is 1.51. The number of nitrogens with two attached hydrogens (primary N) is 1. The fourth-order valence-corrected chi connectivity index (χ4v) is 2.14. The van der Waals surface area contributed by atoms with Gasteiger partial charge < -0.3 is 10.5 Å². The van der Waals surface area contributed by atoms with E-state index in [1.165, 1.54) is 23.5 Å². The lowest BCUT2D eigenvalue weighted by Crippen LogP contribution is -2.07. The van der Waals surface area contributed by atoms with E-state index in [9.17, 15) is 4.39 Å². The molecule has 0 saturated carbocycles. The van der Waals surface area contributed by atoms with E-state index < -0.39 is 0 Å². The lowest BCUT2D eigenvalue weighted by atomic mass is 10.3. The van der Waals surface area contributed by atoms with E-state index in [4.69, 9.17) is 10.5 Å². The van der Waals surface area contributed by atoms with Crippen LogP contribution in [0, 0.1) is 5.82 Å². The van der Waals surface area contributed by atoms with Gasteiger partial charge in [-0.3, -0.25) is 0 Å². The average molecular weight is 226 g/mol. The van der Waals surface area contributed by atoms with Crippen molar-refractivity contribution >= 4 is 21.6 Å². The van der Waals surface area contributed by atoms with Crippen molar-refractivity contribution in [2.24, 2.45) is 5.73 Å². The Kier molecular flexibility index (Phi) is 3.25. The molecule has 0 fully saturated rings. The molecule has 1 heterocycles. The predicted molar refractivity (Wildman–Crippen MR) is 58.3 cm³/mol. The maximum absolute atomic E-state index is 12.9. The molecule has 15 heavy (non-hydrogen) atoms. The molecule has 0 spiro atoms. The van der Waals surface area contributed by atoms with E-state index in [0.717, 1.165) is 9.71 Å². The van der Waals surface area contributed by atoms with Gasteiger partial charge in [0.05, 0.1) is 23.4 Å². The summed E-state index contributed by atoms with van der Waals surface area (Å²) in [5, 5.41) is 0.851. The predicted octanol–water partition coefficient (Wildman–Crippen LogP) is 1.91. The van der Waals surface area contributed by atoms with Crippen LogP contribution in [0.25, 0.3) is 10.2 Å². The number of nitrogens with zero attached hydrogens (tertiary/aromatic N) is 1. The molecular formula is C10H11FN2OS. The normalized spacial score (nSPS) is 11.1. The van der Waals surface area contributed by atoms with Crippen LogP contribution in [-0.2, 0) is 11.3 Å². The van der Waals surface area contributed by atoms with Crippen LogP contribution >= 0.6 is 11.3 Å². The Labute approximate surface area is 90.7 Å². The molecular weight excluding hydrogens is 215 g/mol. The van der Waals surface area contributed by atoms with Gasteiger partial charge in [-0.2, -0.15) is 0 Å². The number of rotatable bonds is 4. The SMILES string of the molecule is NCCOCc1nc2cc(F)ccc2s1. The quantitative estimate of drug-likeness (QED) is 0.810. The fourth-order valence-electron chi connectivity index (χ4n) is 1.25. The highest BCUT2D eigenvalue weighted by Crippen LogP contribution is 2.23. The van der Waals surface area contributed by atoms with Crippen LogP contribution in [0.5, 0.6) is 0 Å². The Morgan fingerprint density at radius 1 is 1.47 bits per heavy atom. The first-order chi connectivity index (χ1) is 7.29. The fraction of sp³-hybridized carbons (Fsp3) is 0.300. The largest absolute Gasteiger partial charge is 0.373 e. The third-order valence-corrected chi connectivity index (χ3v) is 2.89. The Morgan fingerprint density at radius 2 is 2.33 bits per heavy atom. The Hall–Kier alpha value is -1.04. The van der Waals surface area contributed by atoms with Crippen molar-refractivity contribution in [3.05, 3.63) is 29.0 Å². The third kappa shape index (κ3) is 2.50. The van der Waals surface area contributed by atoms with Gasteiger partial charge in [0.1, 0.15) is 10.8 Å². The van der Waals surface area contributed by atoms with Gasteiger partial charge in [0.25, 0.3) is 0 Å². The molecule has 0 amide bonds. The van der Waals surface area contributed by atoms with E-state index in [0.29, 0.717) is 25.3 Å². The minimum atomic E-state index is -0.262. The van der Waals surface area contributed by atoms with Crippen LogP contribution in [0.3, 0.4) is 0 Å². The zero-order chi connectivity index (χ0) is 10.7. The van der Waals surface area contributed by atoms with E-state index in [2.05, 4.69) is 4.98 Å². The maximum atomic E-state index is 12.9. The monoisotopic (exact) mass is 226 g/mol. The molecule has 0 saturated heterocycles. The standard InChI is InChI=1S/C10H11FN2OS/c11-7-1-2-9-8(5-7)13-10(15-9)6-14-4-3-12/h1-2,5H,3-4,6,12H2. The van der Waals surface area contributed by atoms with Crippen molar-refractivity contribution in [1.82, 2.24) is 4.98 Å². The molecule has 0 aliphatic rings. The Morgan fingerprint density at radius 3 is 3.13 bits per heavy atom. The van der Waals surface area contributed by atoms with E-state index in [1.807, 2.05) is 0 Å². The van der Waals surface area contributed by atoms with Crippen molar-refractivity contribution < 1.29 is 9.13 Å². The van der Waals surface area contributed by atoms with Gasteiger partial charge in [0.15, 0.2) is 0 Å². The molecule has 1 aromatic carbocycles. The number of fused-ring (bicyclic) bond motifs is 1. The Balaban J connectivity index is 2.16. The second-order valence-corrected chi connectivity index (χ2v) is 4.18. The summed E-state index contributed by atoms with van der Waals surface area (Å²) in [7, 11) is 0. The molecule has 0 aliphatic heterocycles. The topological polar surface area (TPSA) is 48.1 Å². The summed E-state index contributed by atoms with van der Waals surface area (Å²) in [5.41, 5.74) is 5.98.